The first-order chi connectivity index (χ1) is 22.0. The monoisotopic (exact) mass is 604 g/mol. The predicted octanol–water partition coefficient (Wildman–Crippen LogP) is 10.7. The lowest BCUT2D eigenvalue weighted by Gasteiger charge is -2.22. The molecule has 0 spiro atoms. The number of hydrogen-bond acceptors (Lipinski definition) is 3. The van der Waals surface area contributed by atoms with Crippen molar-refractivity contribution in [2.24, 2.45) is 0 Å². The molecule has 0 atom stereocenters. The third-order valence-electron chi connectivity index (χ3n) is 9.01. The molecule has 0 aliphatic rings. The third kappa shape index (κ3) is 5.06. The number of aryl methyl sites for hydroxylation is 4. The van der Waals surface area contributed by atoms with Crippen molar-refractivity contribution in [1.82, 2.24) is 19.3 Å². The number of fused-ring (bicyclic) bond motifs is 3. The quantitative estimate of drug-likeness (QED) is 0.196. The zero-order chi connectivity index (χ0) is 32.3. The second-order valence-electron chi connectivity index (χ2n) is 13.5. The molecule has 7 rings (SSSR count). The van der Waals surface area contributed by atoms with Crippen LogP contribution in [-0.4, -0.2) is 19.3 Å². The molecule has 3 heterocycles. The number of pyridine rings is 1. The summed E-state index contributed by atoms with van der Waals surface area (Å²) in [6.07, 6.45) is 1.87. The first-order valence-electron chi connectivity index (χ1n) is 15.9. The summed E-state index contributed by atoms with van der Waals surface area (Å²) in [5.74, 6) is 2.41. The van der Waals surface area contributed by atoms with Gasteiger partial charge in [0.15, 0.2) is 0 Å². The van der Waals surface area contributed by atoms with Gasteiger partial charge in [-0.2, -0.15) is 5.10 Å². The second-order valence-corrected chi connectivity index (χ2v) is 13.5. The van der Waals surface area contributed by atoms with Crippen molar-refractivity contribution in [3.8, 4) is 34.1 Å². The van der Waals surface area contributed by atoms with E-state index >= 15 is 0 Å². The Morgan fingerprint density at radius 3 is 2.11 bits per heavy atom. The van der Waals surface area contributed by atoms with E-state index in [1.807, 2.05) is 35.1 Å². The molecule has 0 aliphatic carbocycles. The SMILES string of the molecule is Cc1ccnc(-n2c3ccccc3c3ccc(Oc4cccc(-n5nc(C)c(-c6c(C)cc(C(C)(C)C)cc6C)c5C)c4)cc32)c1. The number of hydrogen-bond donors (Lipinski definition) is 0. The first-order valence-corrected chi connectivity index (χ1v) is 15.9. The van der Waals surface area contributed by atoms with Crippen LogP contribution in [0.2, 0.25) is 0 Å². The second kappa shape index (κ2) is 11.0. The number of benzene rings is 4. The van der Waals surface area contributed by atoms with E-state index < -0.39 is 0 Å². The van der Waals surface area contributed by atoms with Crippen molar-refractivity contribution in [3.05, 3.63) is 131 Å². The highest BCUT2D eigenvalue weighted by molar-refractivity contribution is 6.09. The summed E-state index contributed by atoms with van der Waals surface area (Å²) in [6, 6.07) is 31.8. The highest BCUT2D eigenvalue weighted by Gasteiger charge is 2.22. The van der Waals surface area contributed by atoms with E-state index in [9.17, 15) is 0 Å². The van der Waals surface area contributed by atoms with Gasteiger partial charge in [-0.3, -0.25) is 4.57 Å². The van der Waals surface area contributed by atoms with Crippen molar-refractivity contribution in [3.63, 3.8) is 0 Å². The largest absolute Gasteiger partial charge is 0.457 e. The smallest absolute Gasteiger partial charge is 0.137 e. The maximum atomic E-state index is 6.53. The summed E-state index contributed by atoms with van der Waals surface area (Å²) in [6.45, 7) is 17.6. The van der Waals surface area contributed by atoms with Gasteiger partial charge in [0.25, 0.3) is 0 Å². The number of rotatable bonds is 5. The van der Waals surface area contributed by atoms with E-state index in [4.69, 9.17) is 14.8 Å². The molecule has 0 saturated carbocycles. The van der Waals surface area contributed by atoms with E-state index in [1.165, 1.54) is 38.8 Å². The number of para-hydroxylation sites is 1. The number of aromatic nitrogens is 4. The van der Waals surface area contributed by atoms with Gasteiger partial charge in [-0.25, -0.2) is 9.67 Å². The standard InChI is InChI=1S/C41H40N4O/c1-25-18-19-42-38(20-25)44-36-15-10-9-14-34(36)35-17-16-33(24-37(35)44)46-32-13-11-12-31(23-32)45-29(5)40(28(4)43-45)39-26(2)21-30(22-27(39)3)41(6,7)8/h9-24H,1-8H3. The third-order valence-corrected chi connectivity index (χ3v) is 9.01. The maximum Gasteiger partial charge on any atom is 0.137 e. The van der Waals surface area contributed by atoms with Gasteiger partial charge in [-0.05, 0) is 110 Å². The van der Waals surface area contributed by atoms with Crippen LogP contribution < -0.4 is 4.74 Å². The normalized spacial score (nSPS) is 11.9. The van der Waals surface area contributed by atoms with Crippen molar-refractivity contribution in [2.45, 2.75) is 60.8 Å². The van der Waals surface area contributed by atoms with Crippen LogP contribution in [0.1, 0.15) is 54.4 Å². The Bertz CT molecular complexity index is 2260. The summed E-state index contributed by atoms with van der Waals surface area (Å²) in [5.41, 5.74) is 12.9. The summed E-state index contributed by atoms with van der Waals surface area (Å²) in [4.78, 5) is 4.72. The summed E-state index contributed by atoms with van der Waals surface area (Å²) >= 11 is 0. The maximum absolute atomic E-state index is 6.53. The van der Waals surface area contributed by atoms with Crippen molar-refractivity contribution >= 4 is 21.8 Å². The van der Waals surface area contributed by atoms with E-state index in [0.29, 0.717) is 0 Å². The highest BCUT2D eigenvalue weighted by atomic mass is 16.5. The van der Waals surface area contributed by atoms with Crippen LogP contribution in [0.25, 0.3) is 44.4 Å². The molecule has 0 fully saturated rings. The Kier molecular flexibility index (Phi) is 7.08. The summed E-state index contributed by atoms with van der Waals surface area (Å²) in [5, 5.41) is 7.38. The van der Waals surface area contributed by atoms with Gasteiger partial charge in [0, 0.05) is 40.4 Å². The molecule has 0 radical (unpaired) electrons. The van der Waals surface area contributed by atoms with Gasteiger partial charge in [0.1, 0.15) is 17.3 Å². The van der Waals surface area contributed by atoms with Crippen LogP contribution in [0.3, 0.4) is 0 Å². The van der Waals surface area contributed by atoms with E-state index in [0.717, 1.165) is 50.8 Å². The van der Waals surface area contributed by atoms with Crippen molar-refractivity contribution in [2.75, 3.05) is 0 Å². The molecule has 7 aromatic rings. The molecule has 0 saturated heterocycles. The van der Waals surface area contributed by atoms with Gasteiger partial charge in [0.05, 0.1) is 22.4 Å². The van der Waals surface area contributed by atoms with Gasteiger partial charge < -0.3 is 4.74 Å². The van der Waals surface area contributed by atoms with E-state index in [1.54, 1.807) is 0 Å². The van der Waals surface area contributed by atoms with Crippen LogP contribution in [0.5, 0.6) is 11.5 Å². The topological polar surface area (TPSA) is 44.9 Å². The van der Waals surface area contributed by atoms with Gasteiger partial charge in [0.2, 0.25) is 0 Å². The van der Waals surface area contributed by atoms with Crippen LogP contribution in [0.15, 0.2) is 97.2 Å². The lowest BCUT2D eigenvalue weighted by molar-refractivity contribution is 0.482. The van der Waals surface area contributed by atoms with Gasteiger partial charge >= 0.3 is 0 Å². The average molecular weight is 605 g/mol. The minimum Gasteiger partial charge on any atom is -0.457 e. The van der Waals surface area contributed by atoms with Crippen LogP contribution in [-0.2, 0) is 5.41 Å². The Hall–Kier alpha value is -5.16. The molecule has 5 heteroatoms. The molecular formula is C41H40N4O. The Morgan fingerprint density at radius 1 is 0.652 bits per heavy atom. The Labute approximate surface area is 271 Å². The molecule has 3 aromatic heterocycles. The van der Waals surface area contributed by atoms with Gasteiger partial charge in [-0.15, -0.1) is 0 Å². The minimum atomic E-state index is 0.0985. The van der Waals surface area contributed by atoms with Crippen LogP contribution >= 0.6 is 0 Å². The van der Waals surface area contributed by atoms with E-state index in [2.05, 4.69) is 127 Å². The molecule has 4 aromatic carbocycles. The summed E-state index contributed by atoms with van der Waals surface area (Å²) < 4.78 is 10.8. The van der Waals surface area contributed by atoms with Gasteiger partial charge in [-0.1, -0.05) is 57.2 Å². The molecule has 230 valence electrons. The lowest BCUT2D eigenvalue weighted by atomic mass is 9.82. The molecule has 46 heavy (non-hydrogen) atoms. The molecule has 5 nitrogen and oxygen atoms in total. The van der Waals surface area contributed by atoms with Crippen LogP contribution in [0.4, 0.5) is 0 Å². The number of nitrogens with zero attached hydrogens (tertiary/aromatic N) is 4. The minimum absolute atomic E-state index is 0.0985. The zero-order valence-electron chi connectivity index (χ0n) is 27.9. The first kappa shape index (κ1) is 29.5. The predicted molar refractivity (Wildman–Crippen MR) is 190 cm³/mol. The molecular weight excluding hydrogens is 564 g/mol. The molecule has 0 aliphatic heterocycles. The lowest BCUT2D eigenvalue weighted by Crippen LogP contribution is -2.12. The van der Waals surface area contributed by atoms with E-state index in [-0.39, 0.29) is 5.41 Å². The Morgan fingerprint density at radius 2 is 1.37 bits per heavy atom. The fraction of sp³-hybridized carbons (Fsp3) is 0.220. The Balaban J connectivity index is 1.27. The molecule has 0 unspecified atom stereocenters. The average Bonchev–Trinajstić information content (AvgIpc) is 3.49. The van der Waals surface area contributed by atoms with Crippen molar-refractivity contribution < 1.29 is 4.74 Å². The van der Waals surface area contributed by atoms with Crippen molar-refractivity contribution in [1.29, 1.82) is 0 Å². The fourth-order valence-electron chi connectivity index (χ4n) is 6.76. The zero-order valence-corrected chi connectivity index (χ0v) is 27.9. The fourth-order valence-corrected chi connectivity index (χ4v) is 6.76. The molecule has 0 amide bonds. The molecule has 0 bridgehead atoms. The molecule has 0 N–H and O–H groups in total. The summed E-state index contributed by atoms with van der Waals surface area (Å²) in [7, 11) is 0. The highest BCUT2D eigenvalue weighted by Crippen LogP contribution is 2.38. The van der Waals surface area contributed by atoms with Crippen LogP contribution in [0, 0.1) is 34.6 Å². The number of ether oxygens (including phenoxy) is 1.